The van der Waals surface area contributed by atoms with E-state index in [4.69, 9.17) is 0 Å². The molecule has 136 valence electrons. The molecule has 0 atom stereocenters. The van der Waals surface area contributed by atoms with Crippen molar-refractivity contribution in [3.05, 3.63) is 90.1 Å². The molecule has 6 heteroatoms. The number of carbonyl (C=O) groups excluding carboxylic acids is 3. The van der Waals surface area contributed by atoms with Gasteiger partial charge in [-0.05, 0) is 23.8 Å². The van der Waals surface area contributed by atoms with Gasteiger partial charge in [0.25, 0.3) is 11.8 Å². The fraction of sp³-hybridized carbons (Fsp3) is 0. The number of aromatic nitrogens is 1. The highest BCUT2D eigenvalue weighted by Crippen LogP contribution is 2.27. The molecule has 0 spiro atoms. The van der Waals surface area contributed by atoms with Crippen LogP contribution in [0.15, 0.2) is 84.6 Å². The molecular weight excluding hydrogens is 354 g/mol. The molecule has 0 aliphatic carbocycles. The summed E-state index contributed by atoms with van der Waals surface area (Å²) >= 11 is 0. The van der Waals surface area contributed by atoms with Crippen molar-refractivity contribution in [1.29, 1.82) is 0 Å². The van der Waals surface area contributed by atoms with Gasteiger partial charge >= 0.3 is 6.03 Å². The zero-order valence-corrected chi connectivity index (χ0v) is 14.7. The summed E-state index contributed by atoms with van der Waals surface area (Å²) in [5.74, 6) is -1.42. The van der Waals surface area contributed by atoms with E-state index >= 15 is 0 Å². The van der Waals surface area contributed by atoms with Crippen molar-refractivity contribution in [3.8, 4) is 0 Å². The number of nitrogens with zero attached hydrogens (tertiary/aromatic N) is 2. The molecule has 1 fully saturated rings. The average Bonchev–Trinajstić information content (AvgIpc) is 2.71. The first-order valence-corrected chi connectivity index (χ1v) is 8.62. The standard InChI is InChI=1S/C22H15N3O3/c26-20-17(12-4-9-15-7-2-1-3-8-15)21(27)25(22(28)24-20)18-13-5-10-16-11-6-14-23-19(16)18/h1-14H,(H,24,26,28)/b9-4+,17-12+. The van der Waals surface area contributed by atoms with E-state index in [0.29, 0.717) is 11.2 Å². The number of nitrogens with one attached hydrogen (secondary N) is 1. The smallest absolute Gasteiger partial charge is 0.273 e. The van der Waals surface area contributed by atoms with Gasteiger partial charge in [-0.15, -0.1) is 0 Å². The SMILES string of the molecule is O=C1NC(=O)N(c2cccc3cccnc23)C(=O)/C1=C/C=C/c1ccccc1. The number of benzene rings is 2. The van der Waals surface area contributed by atoms with Crippen LogP contribution in [0.4, 0.5) is 10.5 Å². The Labute approximate surface area is 160 Å². The maximum atomic E-state index is 12.9. The lowest BCUT2D eigenvalue weighted by Gasteiger charge is -2.26. The number of anilines is 1. The number of para-hydroxylation sites is 1. The van der Waals surface area contributed by atoms with Crippen LogP contribution in [-0.4, -0.2) is 22.8 Å². The van der Waals surface area contributed by atoms with E-state index in [2.05, 4.69) is 10.3 Å². The number of imide groups is 2. The second-order valence-corrected chi connectivity index (χ2v) is 6.10. The molecule has 0 radical (unpaired) electrons. The Morgan fingerprint density at radius 3 is 2.50 bits per heavy atom. The minimum Gasteiger partial charge on any atom is -0.273 e. The van der Waals surface area contributed by atoms with Crippen molar-refractivity contribution in [3.63, 3.8) is 0 Å². The largest absolute Gasteiger partial charge is 0.336 e. The maximum absolute atomic E-state index is 12.9. The molecular formula is C22H15N3O3. The summed E-state index contributed by atoms with van der Waals surface area (Å²) in [6, 6.07) is 17.5. The number of rotatable bonds is 3. The summed E-state index contributed by atoms with van der Waals surface area (Å²) in [5.41, 5.74) is 1.63. The molecule has 1 aliphatic heterocycles. The minimum atomic E-state index is -0.794. The van der Waals surface area contributed by atoms with Gasteiger partial charge in [0.1, 0.15) is 5.57 Å². The lowest BCUT2D eigenvalue weighted by Crippen LogP contribution is -2.54. The van der Waals surface area contributed by atoms with Crippen LogP contribution in [-0.2, 0) is 9.59 Å². The first-order chi connectivity index (χ1) is 13.6. The highest BCUT2D eigenvalue weighted by atomic mass is 16.2. The van der Waals surface area contributed by atoms with Crippen LogP contribution < -0.4 is 10.2 Å². The third-order valence-electron chi connectivity index (χ3n) is 4.31. The molecule has 4 rings (SSSR count). The molecule has 1 aliphatic rings. The predicted molar refractivity (Wildman–Crippen MR) is 106 cm³/mol. The highest BCUT2D eigenvalue weighted by Gasteiger charge is 2.37. The molecule has 4 amide bonds. The van der Waals surface area contributed by atoms with E-state index in [9.17, 15) is 14.4 Å². The van der Waals surface area contributed by atoms with Crippen molar-refractivity contribution in [2.24, 2.45) is 0 Å². The first kappa shape index (κ1) is 17.4. The lowest BCUT2D eigenvalue weighted by molar-refractivity contribution is -0.122. The van der Waals surface area contributed by atoms with E-state index in [0.717, 1.165) is 15.8 Å². The zero-order valence-electron chi connectivity index (χ0n) is 14.7. The number of amides is 4. The predicted octanol–water partition coefficient (Wildman–Crippen LogP) is 3.46. The van der Waals surface area contributed by atoms with Crippen LogP contribution in [0.3, 0.4) is 0 Å². The number of pyridine rings is 1. The third kappa shape index (κ3) is 3.19. The van der Waals surface area contributed by atoms with E-state index in [1.54, 1.807) is 36.5 Å². The van der Waals surface area contributed by atoms with Crippen molar-refractivity contribution in [1.82, 2.24) is 10.3 Å². The summed E-state index contributed by atoms with van der Waals surface area (Å²) in [4.78, 5) is 42.8. The zero-order chi connectivity index (χ0) is 19.5. The van der Waals surface area contributed by atoms with Gasteiger partial charge in [-0.25, -0.2) is 9.69 Å². The summed E-state index contributed by atoms with van der Waals surface area (Å²) < 4.78 is 0. The van der Waals surface area contributed by atoms with Crippen molar-refractivity contribution >= 4 is 40.5 Å². The third-order valence-corrected chi connectivity index (χ3v) is 4.31. The molecule has 0 saturated carbocycles. The second-order valence-electron chi connectivity index (χ2n) is 6.10. The molecule has 3 aromatic rings. The fourth-order valence-corrected chi connectivity index (χ4v) is 2.98. The van der Waals surface area contributed by atoms with E-state index in [1.165, 1.54) is 6.08 Å². The monoisotopic (exact) mass is 369 g/mol. The van der Waals surface area contributed by atoms with Gasteiger partial charge in [-0.3, -0.25) is 19.9 Å². The van der Waals surface area contributed by atoms with Crippen molar-refractivity contribution < 1.29 is 14.4 Å². The normalized spacial score (nSPS) is 16.2. The quantitative estimate of drug-likeness (QED) is 0.566. The minimum absolute atomic E-state index is 0.125. The van der Waals surface area contributed by atoms with Crippen LogP contribution in [0.1, 0.15) is 5.56 Å². The first-order valence-electron chi connectivity index (χ1n) is 8.62. The topological polar surface area (TPSA) is 79.4 Å². The number of carbonyl (C=O) groups is 3. The van der Waals surface area contributed by atoms with Gasteiger partial charge in [0.05, 0.1) is 11.2 Å². The van der Waals surface area contributed by atoms with Crippen LogP contribution in [0.2, 0.25) is 0 Å². The molecule has 28 heavy (non-hydrogen) atoms. The Morgan fingerprint density at radius 1 is 0.893 bits per heavy atom. The Balaban J connectivity index is 1.72. The lowest BCUT2D eigenvalue weighted by atomic mass is 10.1. The maximum Gasteiger partial charge on any atom is 0.336 e. The van der Waals surface area contributed by atoms with Crippen LogP contribution in [0, 0.1) is 0 Å². The fourth-order valence-electron chi connectivity index (χ4n) is 2.98. The van der Waals surface area contributed by atoms with Crippen molar-refractivity contribution in [2.75, 3.05) is 4.90 Å². The van der Waals surface area contributed by atoms with Crippen LogP contribution >= 0.6 is 0 Å². The van der Waals surface area contributed by atoms with Gasteiger partial charge in [-0.2, -0.15) is 0 Å². The Hall–Kier alpha value is -4.06. The molecule has 2 heterocycles. The number of hydrogen-bond acceptors (Lipinski definition) is 4. The molecule has 6 nitrogen and oxygen atoms in total. The Morgan fingerprint density at radius 2 is 1.68 bits per heavy atom. The van der Waals surface area contributed by atoms with Crippen molar-refractivity contribution in [2.45, 2.75) is 0 Å². The number of allylic oxidation sites excluding steroid dienone is 2. The molecule has 0 unspecified atom stereocenters. The summed E-state index contributed by atoms with van der Waals surface area (Å²) in [6.07, 6.45) is 6.37. The number of barbiturate groups is 1. The summed E-state index contributed by atoms with van der Waals surface area (Å²) in [6.45, 7) is 0. The molecule has 1 aromatic heterocycles. The highest BCUT2D eigenvalue weighted by molar-refractivity contribution is 6.38. The number of hydrogen-bond donors (Lipinski definition) is 1. The Kier molecular flexibility index (Phi) is 4.51. The van der Waals surface area contributed by atoms with Gasteiger partial charge in [-0.1, -0.05) is 60.7 Å². The number of urea groups is 1. The molecule has 2 aromatic carbocycles. The van der Waals surface area contributed by atoms with Gasteiger partial charge < -0.3 is 0 Å². The molecule has 0 bridgehead atoms. The van der Waals surface area contributed by atoms with E-state index < -0.39 is 17.8 Å². The average molecular weight is 369 g/mol. The molecule has 1 N–H and O–H groups in total. The van der Waals surface area contributed by atoms with Crippen LogP contribution in [0.5, 0.6) is 0 Å². The Bertz CT molecular complexity index is 1140. The van der Waals surface area contributed by atoms with Gasteiger partial charge in [0.15, 0.2) is 0 Å². The summed E-state index contributed by atoms with van der Waals surface area (Å²) in [5, 5.41) is 3.00. The van der Waals surface area contributed by atoms with Gasteiger partial charge in [0.2, 0.25) is 0 Å². The second kappa shape index (κ2) is 7.28. The van der Waals surface area contributed by atoms with E-state index in [1.807, 2.05) is 42.5 Å². The van der Waals surface area contributed by atoms with Crippen LogP contribution in [0.25, 0.3) is 17.0 Å². The van der Waals surface area contributed by atoms with E-state index in [-0.39, 0.29) is 5.57 Å². The summed E-state index contributed by atoms with van der Waals surface area (Å²) in [7, 11) is 0. The number of fused-ring (bicyclic) bond motifs is 1. The molecule has 1 saturated heterocycles. The van der Waals surface area contributed by atoms with Gasteiger partial charge in [0, 0.05) is 11.6 Å².